The highest BCUT2D eigenvalue weighted by atomic mass is 16.3. The number of aromatic nitrogens is 2. The quantitative estimate of drug-likeness (QED) is 0.720. The molecule has 4 heteroatoms. The molecule has 4 nitrogen and oxygen atoms in total. The van der Waals surface area contributed by atoms with Crippen LogP contribution in [0.4, 0.5) is 0 Å². The molecule has 0 saturated carbocycles. The molecule has 0 fully saturated rings. The van der Waals surface area contributed by atoms with Crippen LogP contribution in [0.3, 0.4) is 0 Å². The number of aryl methyl sites for hydroxylation is 1. The van der Waals surface area contributed by atoms with Crippen molar-refractivity contribution in [3.8, 4) is 17.4 Å². The minimum atomic E-state index is 0.156. The molecular formula is C18H18N2O2. The van der Waals surface area contributed by atoms with Gasteiger partial charge in [0.1, 0.15) is 0 Å². The smallest absolute Gasteiger partial charge is 0.202 e. The number of hydrogen-bond acceptors (Lipinski definition) is 3. The maximum atomic E-state index is 10.6. The third kappa shape index (κ3) is 1.80. The molecule has 2 N–H and O–H groups in total. The minimum absolute atomic E-state index is 0.156. The molecule has 0 bridgehead atoms. The molecule has 0 spiro atoms. The van der Waals surface area contributed by atoms with E-state index >= 15 is 0 Å². The molecule has 1 aromatic carbocycles. The second-order valence-corrected chi connectivity index (χ2v) is 5.95. The van der Waals surface area contributed by atoms with Crippen molar-refractivity contribution in [1.82, 2.24) is 9.55 Å². The molecule has 0 radical (unpaired) electrons. The van der Waals surface area contributed by atoms with Crippen LogP contribution in [-0.2, 0) is 12.8 Å². The SMILES string of the molecule is Cc1ccc2cccc(-n3c(O)c4c(c3O)CCCC4)c2n1. The van der Waals surface area contributed by atoms with Gasteiger partial charge in [-0.2, -0.15) is 0 Å². The van der Waals surface area contributed by atoms with Gasteiger partial charge in [0.15, 0.2) is 0 Å². The van der Waals surface area contributed by atoms with Gasteiger partial charge in [-0.25, -0.2) is 4.57 Å². The summed E-state index contributed by atoms with van der Waals surface area (Å²) in [6.07, 6.45) is 3.74. The van der Waals surface area contributed by atoms with E-state index in [4.69, 9.17) is 0 Å². The van der Waals surface area contributed by atoms with Crippen molar-refractivity contribution in [2.24, 2.45) is 0 Å². The first-order chi connectivity index (χ1) is 10.7. The molecule has 22 heavy (non-hydrogen) atoms. The van der Waals surface area contributed by atoms with Crippen molar-refractivity contribution in [2.45, 2.75) is 32.6 Å². The van der Waals surface area contributed by atoms with Crippen LogP contribution in [0.2, 0.25) is 0 Å². The molecule has 3 aromatic rings. The van der Waals surface area contributed by atoms with E-state index in [1.54, 1.807) is 4.57 Å². The lowest BCUT2D eigenvalue weighted by Crippen LogP contribution is -1.98. The van der Waals surface area contributed by atoms with Crippen molar-refractivity contribution in [2.75, 3.05) is 0 Å². The lowest BCUT2D eigenvalue weighted by atomic mass is 9.95. The molecule has 1 aliphatic carbocycles. The number of hydrogen-bond donors (Lipinski definition) is 2. The van der Waals surface area contributed by atoms with Gasteiger partial charge >= 0.3 is 0 Å². The molecular weight excluding hydrogens is 276 g/mol. The number of para-hydroxylation sites is 1. The molecule has 2 heterocycles. The Morgan fingerprint density at radius 1 is 0.955 bits per heavy atom. The van der Waals surface area contributed by atoms with Crippen molar-refractivity contribution < 1.29 is 10.2 Å². The molecule has 0 atom stereocenters. The summed E-state index contributed by atoms with van der Waals surface area (Å²) >= 11 is 0. The van der Waals surface area contributed by atoms with E-state index in [1.165, 1.54) is 0 Å². The molecule has 2 aromatic heterocycles. The van der Waals surface area contributed by atoms with Gasteiger partial charge in [-0.1, -0.05) is 18.2 Å². The number of rotatable bonds is 1. The summed E-state index contributed by atoms with van der Waals surface area (Å²) in [6, 6.07) is 9.78. The van der Waals surface area contributed by atoms with Gasteiger partial charge in [0, 0.05) is 22.2 Å². The Balaban J connectivity index is 2.04. The highest BCUT2D eigenvalue weighted by Gasteiger charge is 2.26. The van der Waals surface area contributed by atoms with Gasteiger partial charge in [0.25, 0.3) is 0 Å². The van der Waals surface area contributed by atoms with Gasteiger partial charge in [-0.3, -0.25) is 4.98 Å². The number of aromatic hydroxyl groups is 2. The zero-order chi connectivity index (χ0) is 15.3. The fourth-order valence-electron chi connectivity index (χ4n) is 3.41. The summed E-state index contributed by atoms with van der Waals surface area (Å²) < 4.78 is 1.55. The largest absolute Gasteiger partial charge is 0.494 e. The van der Waals surface area contributed by atoms with E-state index < -0.39 is 0 Å². The molecule has 112 valence electrons. The fraction of sp³-hybridized carbons (Fsp3) is 0.278. The first kappa shape index (κ1) is 13.2. The lowest BCUT2D eigenvalue weighted by molar-refractivity contribution is 0.400. The molecule has 1 aliphatic rings. The fourth-order valence-corrected chi connectivity index (χ4v) is 3.41. The Morgan fingerprint density at radius 3 is 2.32 bits per heavy atom. The van der Waals surface area contributed by atoms with Crippen molar-refractivity contribution in [3.05, 3.63) is 47.2 Å². The van der Waals surface area contributed by atoms with Crippen LogP contribution in [-0.4, -0.2) is 19.8 Å². The van der Waals surface area contributed by atoms with Crippen LogP contribution in [0, 0.1) is 6.92 Å². The Kier molecular flexibility index (Phi) is 2.86. The standard InChI is InChI=1S/C18H18N2O2/c1-11-9-10-12-5-4-8-15(16(12)19-11)20-17(21)13-6-2-3-7-14(13)18(20)22/h4-5,8-10,21-22H,2-3,6-7H2,1H3. The summed E-state index contributed by atoms with van der Waals surface area (Å²) in [5.74, 6) is 0.311. The summed E-state index contributed by atoms with van der Waals surface area (Å²) in [5, 5.41) is 22.2. The summed E-state index contributed by atoms with van der Waals surface area (Å²) in [5.41, 5.74) is 4.20. The highest BCUT2D eigenvalue weighted by Crippen LogP contribution is 2.41. The zero-order valence-electron chi connectivity index (χ0n) is 12.5. The van der Waals surface area contributed by atoms with E-state index in [0.717, 1.165) is 59.1 Å². The van der Waals surface area contributed by atoms with Crippen LogP contribution in [0.1, 0.15) is 29.7 Å². The van der Waals surface area contributed by atoms with Crippen LogP contribution >= 0.6 is 0 Å². The van der Waals surface area contributed by atoms with Crippen LogP contribution < -0.4 is 0 Å². The predicted molar refractivity (Wildman–Crippen MR) is 85.8 cm³/mol. The van der Waals surface area contributed by atoms with Crippen LogP contribution in [0.25, 0.3) is 16.6 Å². The van der Waals surface area contributed by atoms with E-state index in [2.05, 4.69) is 4.98 Å². The van der Waals surface area contributed by atoms with E-state index in [1.807, 2.05) is 37.3 Å². The Morgan fingerprint density at radius 2 is 1.64 bits per heavy atom. The number of pyridine rings is 1. The van der Waals surface area contributed by atoms with E-state index in [-0.39, 0.29) is 11.8 Å². The number of nitrogens with zero attached hydrogens (tertiary/aromatic N) is 2. The van der Waals surface area contributed by atoms with Gasteiger partial charge in [0.05, 0.1) is 11.2 Å². The summed E-state index contributed by atoms with van der Waals surface area (Å²) in [6.45, 7) is 1.94. The van der Waals surface area contributed by atoms with E-state index in [0.29, 0.717) is 0 Å². The average Bonchev–Trinajstić information content (AvgIpc) is 2.79. The Bertz CT molecular complexity index is 851. The third-order valence-electron chi connectivity index (χ3n) is 4.51. The van der Waals surface area contributed by atoms with Gasteiger partial charge in [-0.05, 0) is 44.7 Å². The molecule has 0 amide bonds. The summed E-state index contributed by atoms with van der Waals surface area (Å²) in [4.78, 5) is 4.60. The van der Waals surface area contributed by atoms with Crippen molar-refractivity contribution in [3.63, 3.8) is 0 Å². The number of fused-ring (bicyclic) bond motifs is 2. The molecule has 0 aliphatic heterocycles. The third-order valence-corrected chi connectivity index (χ3v) is 4.51. The minimum Gasteiger partial charge on any atom is -0.494 e. The Hall–Kier alpha value is -2.49. The van der Waals surface area contributed by atoms with Crippen LogP contribution in [0.15, 0.2) is 30.3 Å². The monoisotopic (exact) mass is 294 g/mol. The van der Waals surface area contributed by atoms with Crippen molar-refractivity contribution in [1.29, 1.82) is 0 Å². The second kappa shape index (κ2) is 4.77. The molecule has 0 saturated heterocycles. The normalized spacial score (nSPS) is 14.2. The van der Waals surface area contributed by atoms with Gasteiger partial charge in [-0.15, -0.1) is 0 Å². The zero-order valence-corrected chi connectivity index (χ0v) is 12.5. The first-order valence-electron chi connectivity index (χ1n) is 7.68. The van der Waals surface area contributed by atoms with Crippen molar-refractivity contribution >= 4 is 10.9 Å². The molecule has 0 unspecified atom stereocenters. The average molecular weight is 294 g/mol. The first-order valence-corrected chi connectivity index (χ1v) is 7.68. The molecule has 4 rings (SSSR count). The van der Waals surface area contributed by atoms with Gasteiger partial charge in [0.2, 0.25) is 11.8 Å². The maximum Gasteiger partial charge on any atom is 0.202 e. The number of benzene rings is 1. The topological polar surface area (TPSA) is 58.3 Å². The summed E-state index contributed by atoms with van der Waals surface area (Å²) in [7, 11) is 0. The van der Waals surface area contributed by atoms with Gasteiger partial charge < -0.3 is 10.2 Å². The highest BCUT2D eigenvalue weighted by molar-refractivity contribution is 5.87. The predicted octanol–water partition coefficient (Wildman–Crippen LogP) is 3.62. The van der Waals surface area contributed by atoms with E-state index in [9.17, 15) is 10.2 Å². The maximum absolute atomic E-state index is 10.6. The second-order valence-electron chi connectivity index (χ2n) is 5.95. The lowest BCUT2D eigenvalue weighted by Gasteiger charge is -2.10. The Labute approximate surface area is 128 Å². The van der Waals surface area contributed by atoms with Crippen LogP contribution in [0.5, 0.6) is 11.8 Å².